The van der Waals surface area contributed by atoms with Crippen LogP contribution in [0.2, 0.25) is 0 Å². The Morgan fingerprint density at radius 2 is 1.07 bits per heavy atom. The lowest BCUT2D eigenvalue weighted by Gasteiger charge is -2.13. The van der Waals surface area contributed by atoms with Gasteiger partial charge in [0.1, 0.15) is 24.7 Å². The molecule has 3 aromatic rings. The van der Waals surface area contributed by atoms with Crippen LogP contribution in [0.1, 0.15) is 45.7 Å². The quantitative estimate of drug-likeness (QED) is 0.505. The van der Waals surface area contributed by atoms with Crippen molar-refractivity contribution >= 4 is 11.6 Å². The number of benzene rings is 3. The van der Waals surface area contributed by atoms with Gasteiger partial charge in [0.25, 0.3) is 0 Å². The van der Waals surface area contributed by atoms with E-state index in [1.54, 1.807) is 24.3 Å². The van der Waals surface area contributed by atoms with Gasteiger partial charge in [-0.05, 0) is 49.2 Å². The van der Waals surface area contributed by atoms with Crippen LogP contribution in [-0.4, -0.2) is 11.6 Å². The molecule has 0 spiro atoms. The second kappa shape index (κ2) is 9.00. The van der Waals surface area contributed by atoms with E-state index in [4.69, 9.17) is 9.47 Å². The molecule has 0 amide bonds. The summed E-state index contributed by atoms with van der Waals surface area (Å²) in [5, 5.41) is 0. The lowest BCUT2D eigenvalue weighted by atomic mass is 10.1. The van der Waals surface area contributed by atoms with Gasteiger partial charge >= 0.3 is 0 Å². The first kappa shape index (κ1) is 19.4. The van der Waals surface area contributed by atoms with Gasteiger partial charge in [-0.1, -0.05) is 48.5 Å². The summed E-state index contributed by atoms with van der Waals surface area (Å²) < 4.78 is 11.7. The summed E-state index contributed by atoms with van der Waals surface area (Å²) in [4.78, 5) is 23.0. The molecule has 0 heterocycles. The van der Waals surface area contributed by atoms with Crippen molar-refractivity contribution in [2.24, 2.45) is 0 Å². The van der Waals surface area contributed by atoms with Gasteiger partial charge in [0.2, 0.25) is 0 Å². The minimum absolute atomic E-state index is 0.00652. The number of ketones is 2. The molecule has 28 heavy (non-hydrogen) atoms. The van der Waals surface area contributed by atoms with E-state index in [0.717, 1.165) is 11.1 Å². The molecule has 0 aromatic heterocycles. The summed E-state index contributed by atoms with van der Waals surface area (Å²) in [6.45, 7) is 3.81. The van der Waals surface area contributed by atoms with E-state index in [0.29, 0.717) is 35.8 Å². The Kier molecular flexibility index (Phi) is 6.22. The molecule has 4 heteroatoms. The summed E-state index contributed by atoms with van der Waals surface area (Å²) in [6.07, 6.45) is 0. The van der Waals surface area contributed by atoms with Crippen LogP contribution in [0.25, 0.3) is 0 Å². The molecule has 0 unspecified atom stereocenters. The maximum absolute atomic E-state index is 11.5. The van der Waals surface area contributed by atoms with Gasteiger partial charge in [-0.2, -0.15) is 0 Å². The first-order valence-corrected chi connectivity index (χ1v) is 9.07. The summed E-state index contributed by atoms with van der Waals surface area (Å²) in [7, 11) is 0. The number of carbonyl (C=O) groups is 2. The SMILES string of the molecule is CC(=O)c1cccc(OCc2ccccc2COc2cccc(C(C)=O)c2)c1. The first-order chi connectivity index (χ1) is 13.5. The Bertz CT molecular complexity index is 911. The highest BCUT2D eigenvalue weighted by atomic mass is 16.5. The molecule has 0 saturated heterocycles. The largest absolute Gasteiger partial charge is 0.489 e. The molecule has 0 saturated carbocycles. The normalized spacial score (nSPS) is 10.4. The van der Waals surface area contributed by atoms with E-state index in [1.165, 1.54) is 13.8 Å². The lowest BCUT2D eigenvalue weighted by Crippen LogP contribution is -2.04. The Hall–Kier alpha value is -3.40. The third-order valence-electron chi connectivity index (χ3n) is 4.39. The lowest BCUT2D eigenvalue weighted by molar-refractivity contribution is 0.100. The van der Waals surface area contributed by atoms with E-state index < -0.39 is 0 Å². The summed E-state index contributed by atoms with van der Waals surface area (Å²) in [5.41, 5.74) is 3.25. The first-order valence-electron chi connectivity index (χ1n) is 9.07. The van der Waals surface area contributed by atoms with Crippen LogP contribution in [0.3, 0.4) is 0 Å². The van der Waals surface area contributed by atoms with Crippen LogP contribution >= 0.6 is 0 Å². The number of hydrogen-bond donors (Lipinski definition) is 0. The smallest absolute Gasteiger partial charge is 0.159 e. The van der Waals surface area contributed by atoms with Gasteiger partial charge in [-0.15, -0.1) is 0 Å². The number of carbonyl (C=O) groups excluding carboxylic acids is 2. The fraction of sp³-hybridized carbons (Fsp3) is 0.167. The third kappa shape index (κ3) is 5.07. The average molecular weight is 374 g/mol. The Morgan fingerprint density at radius 3 is 1.46 bits per heavy atom. The molecular weight excluding hydrogens is 352 g/mol. The van der Waals surface area contributed by atoms with Crippen LogP contribution in [0, 0.1) is 0 Å². The summed E-state index contributed by atoms with van der Waals surface area (Å²) >= 11 is 0. The van der Waals surface area contributed by atoms with Crippen LogP contribution in [0.15, 0.2) is 72.8 Å². The molecule has 142 valence electrons. The molecule has 4 nitrogen and oxygen atoms in total. The fourth-order valence-electron chi connectivity index (χ4n) is 2.77. The highest BCUT2D eigenvalue weighted by Gasteiger charge is 2.07. The maximum Gasteiger partial charge on any atom is 0.159 e. The van der Waals surface area contributed by atoms with E-state index in [9.17, 15) is 9.59 Å². The van der Waals surface area contributed by atoms with Gasteiger partial charge in [0.05, 0.1) is 0 Å². The molecule has 0 radical (unpaired) electrons. The molecule has 0 fully saturated rings. The molecule has 3 rings (SSSR count). The van der Waals surface area contributed by atoms with Crippen LogP contribution < -0.4 is 9.47 Å². The Labute approximate surface area is 164 Å². The molecule has 0 aliphatic carbocycles. The highest BCUT2D eigenvalue weighted by Crippen LogP contribution is 2.20. The number of rotatable bonds is 8. The molecule has 0 bridgehead atoms. The second-order valence-electron chi connectivity index (χ2n) is 6.51. The minimum Gasteiger partial charge on any atom is -0.489 e. The van der Waals surface area contributed by atoms with Crippen LogP contribution in [0.5, 0.6) is 11.5 Å². The number of ether oxygens (including phenoxy) is 2. The van der Waals surface area contributed by atoms with Crippen molar-refractivity contribution in [2.75, 3.05) is 0 Å². The molecule has 0 atom stereocenters. The molecule has 0 aliphatic rings. The van der Waals surface area contributed by atoms with E-state index in [1.807, 2.05) is 48.5 Å². The zero-order valence-electron chi connectivity index (χ0n) is 16.0. The molecule has 0 N–H and O–H groups in total. The van der Waals surface area contributed by atoms with Gasteiger partial charge < -0.3 is 9.47 Å². The topological polar surface area (TPSA) is 52.6 Å². The van der Waals surface area contributed by atoms with Crippen LogP contribution in [-0.2, 0) is 13.2 Å². The van der Waals surface area contributed by atoms with E-state index in [2.05, 4.69) is 0 Å². The Balaban J connectivity index is 1.68. The third-order valence-corrected chi connectivity index (χ3v) is 4.39. The zero-order valence-corrected chi connectivity index (χ0v) is 16.0. The van der Waals surface area contributed by atoms with Gasteiger partial charge in [0.15, 0.2) is 11.6 Å². The van der Waals surface area contributed by atoms with Gasteiger partial charge in [-0.3, -0.25) is 9.59 Å². The molecule has 3 aromatic carbocycles. The van der Waals surface area contributed by atoms with Crippen LogP contribution in [0.4, 0.5) is 0 Å². The van der Waals surface area contributed by atoms with E-state index >= 15 is 0 Å². The fourth-order valence-corrected chi connectivity index (χ4v) is 2.77. The monoisotopic (exact) mass is 374 g/mol. The average Bonchev–Trinajstić information content (AvgIpc) is 2.71. The number of hydrogen-bond acceptors (Lipinski definition) is 4. The van der Waals surface area contributed by atoms with E-state index in [-0.39, 0.29) is 11.6 Å². The second-order valence-corrected chi connectivity index (χ2v) is 6.51. The van der Waals surface area contributed by atoms with Crippen molar-refractivity contribution < 1.29 is 19.1 Å². The van der Waals surface area contributed by atoms with Crippen molar-refractivity contribution in [3.8, 4) is 11.5 Å². The molecule has 0 aliphatic heterocycles. The van der Waals surface area contributed by atoms with Crippen molar-refractivity contribution in [1.29, 1.82) is 0 Å². The predicted molar refractivity (Wildman–Crippen MR) is 108 cm³/mol. The maximum atomic E-state index is 11.5. The van der Waals surface area contributed by atoms with Crippen molar-refractivity contribution in [1.82, 2.24) is 0 Å². The summed E-state index contributed by atoms with van der Waals surface area (Å²) in [5.74, 6) is 1.31. The van der Waals surface area contributed by atoms with Crippen molar-refractivity contribution in [3.05, 3.63) is 95.1 Å². The summed E-state index contributed by atoms with van der Waals surface area (Å²) in [6, 6.07) is 22.2. The van der Waals surface area contributed by atoms with Crippen molar-refractivity contribution in [2.45, 2.75) is 27.1 Å². The minimum atomic E-state index is 0.00652. The van der Waals surface area contributed by atoms with Crippen molar-refractivity contribution in [3.63, 3.8) is 0 Å². The predicted octanol–water partition coefficient (Wildman–Crippen LogP) is 5.25. The van der Waals surface area contributed by atoms with Gasteiger partial charge in [0, 0.05) is 11.1 Å². The number of Topliss-reactive ketones (excluding diaryl/α,β-unsaturated/α-hetero) is 2. The van der Waals surface area contributed by atoms with Gasteiger partial charge in [-0.25, -0.2) is 0 Å². The zero-order chi connectivity index (χ0) is 19.9. The highest BCUT2D eigenvalue weighted by molar-refractivity contribution is 5.94. The standard InChI is InChI=1S/C24H22O4/c1-17(25)19-9-5-11-23(13-19)27-15-21-7-3-4-8-22(21)16-28-24-12-6-10-20(14-24)18(2)26/h3-14H,15-16H2,1-2H3. The Morgan fingerprint density at radius 1 is 0.643 bits per heavy atom. The molecular formula is C24H22O4.